The van der Waals surface area contributed by atoms with Gasteiger partial charge in [0, 0.05) is 0 Å². The minimum absolute atomic E-state index is 0.00807. The summed E-state index contributed by atoms with van der Waals surface area (Å²) in [6.07, 6.45) is 0.887. The first-order valence-electron chi connectivity index (χ1n) is 6.29. The van der Waals surface area contributed by atoms with Crippen LogP contribution in [0, 0.1) is 0 Å². The largest absolute Gasteiger partial charge is 0.466 e. The Morgan fingerprint density at radius 3 is 2.70 bits per heavy atom. The first-order chi connectivity index (χ1) is 9.58. The standard InChI is InChI=1S/C15H17NO4/c1-15(18,13-8-5-9-19-13)11-16-14(17)20-10-12-6-3-2-4-7-12/h2-9,18H,10-11H2,1H3,(H,16,17). The Bertz CT molecular complexity index is 534. The van der Waals surface area contributed by atoms with Crippen molar-refractivity contribution in [3.8, 4) is 0 Å². The van der Waals surface area contributed by atoms with Crippen molar-refractivity contribution in [1.29, 1.82) is 0 Å². The molecule has 0 saturated heterocycles. The number of benzene rings is 1. The molecule has 0 aliphatic carbocycles. The van der Waals surface area contributed by atoms with Crippen molar-refractivity contribution < 1.29 is 19.1 Å². The van der Waals surface area contributed by atoms with Gasteiger partial charge in [0.15, 0.2) is 0 Å². The molecule has 0 radical (unpaired) electrons. The molecule has 1 amide bonds. The maximum Gasteiger partial charge on any atom is 0.407 e. The molecule has 2 rings (SSSR count). The summed E-state index contributed by atoms with van der Waals surface area (Å²) in [4.78, 5) is 11.6. The molecule has 0 spiro atoms. The highest BCUT2D eigenvalue weighted by Crippen LogP contribution is 2.19. The third-order valence-electron chi connectivity index (χ3n) is 2.84. The molecule has 0 fully saturated rings. The molecule has 1 aromatic heterocycles. The molecule has 1 heterocycles. The first kappa shape index (κ1) is 14.1. The van der Waals surface area contributed by atoms with Gasteiger partial charge in [-0.2, -0.15) is 0 Å². The fourth-order valence-corrected chi connectivity index (χ4v) is 1.69. The molecule has 20 heavy (non-hydrogen) atoms. The highest BCUT2D eigenvalue weighted by atomic mass is 16.5. The molecule has 0 aliphatic rings. The quantitative estimate of drug-likeness (QED) is 0.879. The topological polar surface area (TPSA) is 71.7 Å². The van der Waals surface area contributed by atoms with Gasteiger partial charge in [0.25, 0.3) is 0 Å². The molecule has 106 valence electrons. The zero-order valence-electron chi connectivity index (χ0n) is 11.2. The van der Waals surface area contributed by atoms with Crippen LogP contribution < -0.4 is 5.32 Å². The second-order valence-corrected chi connectivity index (χ2v) is 4.67. The molecule has 0 bridgehead atoms. The number of ether oxygens (including phenoxy) is 1. The monoisotopic (exact) mass is 275 g/mol. The van der Waals surface area contributed by atoms with Gasteiger partial charge in [0.2, 0.25) is 0 Å². The van der Waals surface area contributed by atoms with Gasteiger partial charge in [-0.25, -0.2) is 4.79 Å². The van der Waals surface area contributed by atoms with E-state index in [0.717, 1.165) is 5.56 Å². The molecular weight excluding hydrogens is 258 g/mol. The second-order valence-electron chi connectivity index (χ2n) is 4.67. The van der Waals surface area contributed by atoms with Gasteiger partial charge in [-0.3, -0.25) is 0 Å². The Morgan fingerprint density at radius 1 is 1.30 bits per heavy atom. The molecule has 0 aliphatic heterocycles. The van der Waals surface area contributed by atoms with E-state index in [1.165, 1.54) is 6.26 Å². The van der Waals surface area contributed by atoms with E-state index < -0.39 is 11.7 Å². The van der Waals surface area contributed by atoms with Crippen LogP contribution in [0.5, 0.6) is 0 Å². The maximum absolute atomic E-state index is 11.6. The van der Waals surface area contributed by atoms with E-state index in [-0.39, 0.29) is 13.2 Å². The van der Waals surface area contributed by atoms with Crippen molar-refractivity contribution in [3.63, 3.8) is 0 Å². The number of alkyl carbamates (subject to hydrolysis) is 1. The van der Waals surface area contributed by atoms with Crippen molar-refractivity contribution in [1.82, 2.24) is 5.32 Å². The van der Waals surface area contributed by atoms with Crippen LogP contribution in [0.2, 0.25) is 0 Å². The lowest BCUT2D eigenvalue weighted by atomic mass is 10.0. The van der Waals surface area contributed by atoms with E-state index in [1.807, 2.05) is 30.3 Å². The van der Waals surface area contributed by atoms with E-state index in [0.29, 0.717) is 5.76 Å². The Balaban J connectivity index is 1.78. The molecule has 1 unspecified atom stereocenters. The smallest absolute Gasteiger partial charge is 0.407 e. The molecule has 1 atom stereocenters. The summed E-state index contributed by atoms with van der Waals surface area (Å²) in [5, 5.41) is 12.7. The van der Waals surface area contributed by atoms with Crippen LogP contribution in [0.15, 0.2) is 53.1 Å². The Morgan fingerprint density at radius 2 is 2.05 bits per heavy atom. The van der Waals surface area contributed by atoms with Crippen molar-refractivity contribution in [3.05, 3.63) is 60.1 Å². The normalized spacial score (nSPS) is 13.5. The van der Waals surface area contributed by atoms with Gasteiger partial charge in [-0.15, -0.1) is 0 Å². The number of carbonyl (C=O) groups excluding carboxylic acids is 1. The highest BCUT2D eigenvalue weighted by molar-refractivity contribution is 5.67. The fraction of sp³-hybridized carbons (Fsp3) is 0.267. The van der Waals surface area contributed by atoms with E-state index >= 15 is 0 Å². The molecule has 5 heteroatoms. The van der Waals surface area contributed by atoms with Crippen LogP contribution in [-0.2, 0) is 16.9 Å². The number of hydrogen-bond donors (Lipinski definition) is 2. The maximum atomic E-state index is 11.6. The molecule has 0 saturated carbocycles. The van der Waals surface area contributed by atoms with E-state index in [9.17, 15) is 9.90 Å². The Kier molecular flexibility index (Phi) is 4.42. The highest BCUT2D eigenvalue weighted by Gasteiger charge is 2.26. The lowest BCUT2D eigenvalue weighted by molar-refractivity contribution is 0.0322. The van der Waals surface area contributed by atoms with Crippen molar-refractivity contribution in [2.24, 2.45) is 0 Å². The molecule has 2 aromatic rings. The zero-order valence-corrected chi connectivity index (χ0v) is 11.2. The minimum atomic E-state index is -1.27. The van der Waals surface area contributed by atoms with Gasteiger partial charge in [-0.1, -0.05) is 30.3 Å². The Hall–Kier alpha value is -2.27. The molecule has 5 nitrogen and oxygen atoms in total. The average molecular weight is 275 g/mol. The number of hydrogen-bond acceptors (Lipinski definition) is 4. The van der Waals surface area contributed by atoms with Crippen LogP contribution >= 0.6 is 0 Å². The number of carbonyl (C=O) groups is 1. The summed E-state index contributed by atoms with van der Waals surface area (Å²) < 4.78 is 10.2. The summed E-state index contributed by atoms with van der Waals surface area (Å²) in [6.45, 7) is 1.76. The van der Waals surface area contributed by atoms with E-state index in [2.05, 4.69) is 5.32 Å². The van der Waals surface area contributed by atoms with Crippen LogP contribution in [-0.4, -0.2) is 17.7 Å². The van der Waals surface area contributed by atoms with Crippen LogP contribution in [0.4, 0.5) is 4.79 Å². The fourth-order valence-electron chi connectivity index (χ4n) is 1.69. The van der Waals surface area contributed by atoms with Gasteiger partial charge >= 0.3 is 6.09 Å². The van der Waals surface area contributed by atoms with Crippen LogP contribution in [0.3, 0.4) is 0 Å². The lowest BCUT2D eigenvalue weighted by Gasteiger charge is -2.20. The number of rotatable bonds is 5. The van der Waals surface area contributed by atoms with Gasteiger partial charge < -0.3 is 19.6 Å². The molecule has 1 aromatic carbocycles. The average Bonchev–Trinajstić information content (AvgIpc) is 2.99. The van der Waals surface area contributed by atoms with Crippen molar-refractivity contribution >= 4 is 6.09 Å². The van der Waals surface area contributed by atoms with E-state index in [4.69, 9.17) is 9.15 Å². The van der Waals surface area contributed by atoms with Gasteiger partial charge in [-0.05, 0) is 24.6 Å². The number of furan rings is 1. The summed E-state index contributed by atoms with van der Waals surface area (Å²) in [7, 11) is 0. The van der Waals surface area contributed by atoms with Gasteiger partial charge in [0.05, 0.1) is 12.8 Å². The third-order valence-corrected chi connectivity index (χ3v) is 2.84. The summed E-state index contributed by atoms with van der Waals surface area (Å²) >= 11 is 0. The lowest BCUT2D eigenvalue weighted by Crippen LogP contribution is -2.38. The molecular formula is C15H17NO4. The van der Waals surface area contributed by atoms with Crippen LogP contribution in [0.1, 0.15) is 18.2 Å². The summed E-state index contributed by atoms with van der Waals surface area (Å²) in [6, 6.07) is 12.7. The summed E-state index contributed by atoms with van der Waals surface area (Å²) in [5.74, 6) is 0.390. The van der Waals surface area contributed by atoms with Gasteiger partial charge in [0.1, 0.15) is 18.0 Å². The number of aliphatic hydroxyl groups is 1. The second kappa shape index (κ2) is 6.25. The van der Waals surface area contributed by atoms with Crippen molar-refractivity contribution in [2.45, 2.75) is 19.1 Å². The van der Waals surface area contributed by atoms with E-state index in [1.54, 1.807) is 19.1 Å². The SMILES string of the molecule is CC(O)(CNC(=O)OCc1ccccc1)c1ccco1. The first-order valence-corrected chi connectivity index (χ1v) is 6.29. The predicted octanol–water partition coefficient (Wildman–Crippen LogP) is 2.41. The summed E-state index contributed by atoms with van der Waals surface area (Å²) in [5.41, 5.74) is -0.365. The van der Waals surface area contributed by atoms with Crippen molar-refractivity contribution in [2.75, 3.05) is 6.54 Å². The third kappa shape index (κ3) is 3.86. The van der Waals surface area contributed by atoms with Crippen LogP contribution in [0.25, 0.3) is 0 Å². The zero-order chi connectivity index (χ0) is 14.4. The predicted molar refractivity (Wildman–Crippen MR) is 72.9 cm³/mol. The Labute approximate surface area is 117 Å². The minimum Gasteiger partial charge on any atom is -0.466 e. The number of nitrogens with one attached hydrogen (secondary N) is 1. The molecule has 2 N–H and O–H groups in total. The number of amides is 1.